The van der Waals surface area contributed by atoms with Gasteiger partial charge in [-0.1, -0.05) is 30.3 Å². The molecule has 1 unspecified atom stereocenters. The number of hydrogen-bond acceptors (Lipinski definition) is 6. The first kappa shape index (κ1) is 22.1. The van der Waals surface area contributed by atoms with E-state index in [9.17, 15) is 4.79 Å². The minimum absolute atomic E-state index is 0.0378. The van der Waals surface area contributed by atoms with Crippen LogP contribution in [0.1, 0.15) is 18.5 Å². The summed E-state index contributed by atoms with van der Waals surface area (Å²) in [5, 5.41) is 4.15. The highest BCUT2D eigenvalue weighted by atomic mass is 16.1. The average molecular weight is 455 g/mol. The van der Waals surface area contributed by atoms with E-state index in [0.717, 1.165) is 43.7 Å². The topological polar surface area (TPSA) is 66.3 Å². The third kappa shape index (κ3) is 4.79. The van der Waals surface area contributed by atoms with E-state index in [1.807, 2.05) is 18.2 Å². The van der Waals surface area contributed by atoms with E-state index >= 15 is 0 Å². The van der Waals surface area contributed by atoms with E-state index in [0.29, 0.717) is 11.6 Å². The summed E-state index contributed by atoms with van der Waals surface area (Å²) in [5.74, 6) is 0.478. The van der Waals surface area contributed by atoms with Crippen molar-refractivity contribution in [2.45, 2.75) is 19.4 Å². The number of piperazine rings is 1. The number of hydrogen-bond donors (Lipinski definition) is 1. The summed E-state index contributed by atoms with van der Waals surface area (Å²) >= 11 is 0. The molecule has 4 aromatic rings. The normalized spacial score (nSPS) is 15.4. The smallest absolute Gasteiger partial charge is 0.252 e. The molecule has 1 saturated heterocycles. The maximum absolute atomic E-state index is 12.8. The summed E-state index contributed by atoms with van der Waals surface area (Å²) in [6.07, 6.45) is 2.52. The van der Waals surface area contributed by atoms with Gasteiger partial charge in [0.25, 0.3) is 5.56 Å². The first-order chi connectivity index (χ1) is 16.6. The Morgan fingerprint density at radius 2 is 1.68 bits per heavy atom. The second-order valence-electron chi connectivity index (χ2n) is 9.02. The van der Waals surface area contributed by atoms with Crippen LogP contribution in [0.25, 0.3) is 11.0 Å². The molecule has 0 bridgehead atoms. The molecule has 2 aromatic heterocycles. The highest BCUT2D eigenvalue weighted by Crippen LogP contribution is 2.23. The molecule has 7 heteroatoms. The molecule has 1 atom stereocenters. The monoisotopic (exact) mass is 454 g/mol. The lowest BCUT2D eigenvalue weighted by Crippen LogP contribution is -2.44. The van der Waals surface area contributed by atoms with Crippen LogP contribution in [0.5, 0.6) is 0 Å². The van der Waals surface area contributed by atoms with Crippen LogP contribution in [-0.4, -0.2) is 52.7 Å². The Hall–Kier alpha value is -3.71. The number of nitrogens with zero attached hydrogens (tertiary/aromatic N) is 5. The summed E-state index contributed by atoms with van der Waals surface area (Å²) in [7, 11) is 2.16. The van der Waals surface area contributed by atoms with Crippen LogP contribution in [0, 0.1) is 0 Å². The van der Waals surface area contributed by atoms with Gasteiger partial charge in [-0.05, 0) is 56.3 Å². The van der Waals surface area contributed by atoms with Gasteiger partial charge in [-0.3, -0.25) is 9.36 Å². The molecule has 0 aliphatic carbocycles. The van der Waals surface area contributed by atoms with Crippen LogP contribution in [0.4, 0.5) is 17.3 Å². The van der Waals surface area contributed by atoms with Crippen molar-refractivity contribution in [1.82, 2.24) is 19.4 Å². The van der Waals surface area contributed by atoms with Crippen LogP contribution in [0.3, 0.4) is 0 Å². The second kappa shape index (κ2) is 9.65. The van der Waals surface area contributed by atoms with Gasteiger partial charge in [-0.25, -0.2) is 4.98 Å². The molecule has 7 nitrogen and oxygen atoms in total. The van der Waals surface area contributed by atoms with Crippen LogP contribution in [-0.2, 0) is 6.42 Å². The summed E-state index contributed by atoms with van der Waals surface area (Å²) < 4.78 is 1.77. The lowest BCUT2D eigenvalue weighted by molar-refractivity contribution is 0.313. The fraction of sp³-hybridized carbons (Fsp3) is 0.296. The highest BCUT2D eigenvalue weighted by molar-refractivity contribution is 5.76. The zero-order valence-electron chi connectivity index (χ0n) is 19.7. The van der Waals surface area contributed by atoms with Crippen molar-refractivity contribution in [3.05, 3.63) is 88.8 Å². The van der Waals surface area contributed by atoms with E-state index in [2.05, 4.69) is 70.5 Å². The Morgan fingerprint density at radius 1 is 0.941 bits per heavy atom. The van der Waals surface area contributed by atoms with Gasteiger partial charge < -0.3 is 15.1 Å². The molecular weight excluding hydrogens is 424 g/mol. The number of pyridine rings is 1. The summed E-state index contributed by atoms with van der Waals surface area (Å²) in [4.78, 5) is 26.8. The summed E-state index contributed by atoms with van der Waals surface area (Å²) in [5.41, 5.74) is 3.91. The van der Waals surface area contributed by atoms with Gasteiger partial charge in [-0.2, -0.15) is 4.98 Å². The molecular formula is C27H30N6O. The van der Waals surface area contributed by atoms with Gasteiger partial charge in [0.2, 0.25) is 5.95 Å². The van der Waals surface area contributed by atoms with Crippen LogP contribution in [0.15, 0.2) is 77.7 Å². The summed E-state index contributed by atoms with van der Waals surface area (Å²) in [6.45, 7) is 6.29. The number of nitrogens with one attached hydrogen (secondary N) is 1. The van der Waals surface area contributed by atoms with Gasteiger partial charge in [0.05, 0.1) is 0 Å². The van der Waals surface area contributed by atoms with Crippen LogP contribution >= 0.6 is 0 Å². The van der Waals surface area contributed by atoms with Crippen molar-refractivity contribution in [3.63, 3.8) is 0 Å². The number of rotatable bonds is 6. The molecule has 0 saturated carbocycles. The number of anilines is 3. The number of fused-ring (bicyclic) bond motifs is 1. The molecule has 1 fully saturated rings. The van der Waals surface area contributed by atoms with Gasteiger partial charge in [-0.15, -0.1) is 0 Å². The molecule has 2 aromatic carbocycles. The standard InChI is InChI=1S/C27H30N6O/c1-20(18-21-6-4-3-5-7-21)33-25(34)13-8-22-19-28-27(30-26(22)33)29-23-9-11-24(12-10-23)32-16-14-31(2)15-17-32/h3-13,19-20H,14-18H2,1-2H3,(H,28,29,30). The maximum Gasteiger partial charge on any atom is 0.252 e. The molecule has 0 radical (unpaired) electrons. The van der Waals surface area contributed by atoms with Gasteiger partial charge >= 0.3 is 0 Å². The molecule has 5 rings (SSSR count). The Morgan fingerprint density at radius 3 is 2.41 bits per heavy atom. The molecule has 34 heavy (non-hydrogen) atoms. The minimum atomic E-state index is -0.0582. The Labute approximate surface area is 199 Å². The lowest BCUT2D eigenvalue weighted by Gasteiger charge is -2.34. The first-order valence-electron chi connectivity index (χ1n) is 11.8. The molecule has 174 valence electrons. The zero-order valence-corrected chi connectivity index (χ0v) is 19.7. The third-order valence-electron chi connectivity index (χ3n) is 6.47. The molecule has 0 amide bonds. The average Bonchev–Trinajstić information content (AvgIpc) is 2.85. The van der Waals surface area contributed by atoms with Gasteiger partial charge in [0, 0.05) is 61.2 Å². The fourth-order valence-corrected chi connectivity index (χ4v) is 4.52. The van der Waals surface area contributed by atoms with Crippen molar-refractivity contribution in [2.75, 3.05) is 43.4 Å². The first-order valence-corrected chi connectivity index (χ1v) is 11.8. The van der Waals surface area contributed by atoms with E-state index in [1.165, 1.54) is 11.3 Å². The zero-order chi connectivity index (χ0) is 23.5. The third-order valence-corrected chi connectivity index (χ3v) is 6.47. The van der Waals surface area contributed by atoms with Crippen molar-refractivity contribution >= 4 is 28.4 Å². The number of likely N-dealkylation sites (N-methyl/N-ethyl adjacent to an activating group) is 1. The Balaban J connectivity index is 1.38. The molecule has 1 aliphatic rings. The van der Waals surface area contributed by atoms with Crippen molar-refractivity contribution in [3.8, 4) is 0 Å². The van der Waals surface area contributed by atoms with Crippen molar-refractivity contribution in [2.24, 2.45) is 0 Å². The highest BCUT2D eigenvalue weighted by Gasteiger charge is 2.15. The predicted molar refractivity (Wildman–Crippen MR) is 138 cm³/mol. The molecule has 1 aliphatic heterocycles. The quantitative estimate of drug-likeness (QED) is 0.473. The lowest BCUT2D eigenvalue weighted by atomic mass is 10.1. The van der Waals surface area contributed by atoms with Gasteiger partial charge in [0.1, 0.15) is 5.65 Å². The summed E-state index contributed by atoms with van der Waals surface area (Å²) in [6, 6.07) is 21.9. The van der Waals surface area contributed by atoms with E-state index in [1.54, 1.807) is 22.9 Å². The van der Waals surface area contributed by atoms with Crippen LogP contribution < -0.4 is 15.8 Å². The molecule has 3 heterocycles. The number of benzene rings is 2. The van der Waals surface area contributed by atoms with Gasteiger partial charge in [0.15, 0.2) is 0 Å². The fourth-order valence-electron chi connectivity index (χ4n) is 4.52. The number of aromatic nitrogens is 3. The molecule has 1 N–H and O–H groups in total. The van der Waals surface area contributed by atoms with Crippen molar-refractivity contribution < 1.29 is 0 Å². The van der Waals surface area contributed by atoms with E-state index in [4.69, 9.17) is 4.98 Å². The van der Waals surface area contributed by atoms with E-state index in [-0.39, 0.29) is 11.6 Å². The SMILES string of the molecule is CC(Cc1ccccc1)n1c(=O)ccc2cnc(Nc3ccc(N4CCN(C)CC4)cc3)nc21. The minimum Gasteiger partial charge on any atom is -0.369 e. The Kier molecular flexibility index (Phi) is 6.27. The maximum atomic E-state index is 12.8. The molecule has 0 spiro atoms. The van der Waals surface area contributed by atoms with E-state index < -0.39 is 0 Å². The second-order valence-corrected chi connectivity index (χ2v) is 9.02. The predicted octanol–water partition coefficient (Wildman–Crippen LogP) is 4.09. The largest absolute Gasteiger partial charge is 0.369 e. The van der Waals surface area contributed by atoms with Crippen molar-refractivity contribution in [1.29, 1.82) is 0 Å². The van der Waals surface area contributed by atoms with Crippen LogP contribution in [0.2, 0.25) is 0 Å². The Bertz CT molecular complexity index is 1310.